The van der Waals surface area contributed by atoms with Crippen LogP contribution < -0.4 is 15.4 Å². The summed E-state index contributed by atoms with van der Waals surface area (Å²) in [5.41, 5.74) is 2.21. The summed E-state index contributed by atoms with van der Waals surface area (Å²) in [6, 6.07) is 14.9. The molecular formula is C34H37FN6O4. The fraction of sp³-hybridized carbons (Fsp3) is 0.382. The zero-order valence-electron chi connectivity index (χ0n) is 25.8. The first-order valence-electron chi connectivity index (χ1n) is 15.2. The molecule has 4 aromatic rings. The average molecular weight is 613 g/mol. The number of aryl methyl sites for hydroxylation is 1. The predicted octanol–water partition coefficient (Wildman–Crippen LogP) is 6.90. The number of ether oxygens (including phenoxy) is 2. The summed E-state index contributed by atoms with van der Waals surface area (Å²) in [5, 5.41) is 7.83. The number of alkyl halides is 1. The van der Waals surface area contributed by atoms with Gasteiger partial charge in [-0.3, -0.25) is 4.79 Å². The molecule has 2 aromatic carbocycles. The van der Waals surface area contributed by atoms with Gasteiger partial charge in [0, 0.05) is 48.0 Å². The van der Waals surface area contributed by atoms with Crippen molar-refractivity contribution in [3.8, 4) is 22.9 Å². The number of hydrogen-bond donors (Lipinski definition) is 2. The fourth-order valence-electron chi connectivity index (χ4n) is 5.46. The molecule has 2 amide bonds. The van der Waals surface area contributed by atoms with E-state index in [4.69, 9.17) is 14.5 Å². The molecule has 2 aliphatic rings. The lowest BCUT2D eigenvalue weighted by Crippen LogP contribution is -2.47. The van der Waals surface area contributed by atoms with Crippen molar-refractivity contribution in [2.24, 2.45) is 5.92 Å². The van der Waals surface area contributed by atoms with E-state index >= 15 is 0 Å². The van der Waals surface area contributed by atoms with Crippen LogP contribution in [0.2, 0.25) is 0 Å². The number of hydrogen-bond acceptors (Lipinski definition) is 8. The zero-order chi connectivity index (χ0) is 31.7. The first-order chi connectivity index (χ1) is 21.6. The largest absolute Gasteiger partial charge is 0.444 e. The number of nitrogens with zero attached hydrogens (tertiary/aromatic N) is 4. The summed E-state index contributed by atoms with van der Waals surface area (Å²) in [6.07, 6.45) is 3.90. The van der Waals surface area contributed by atoms with Crippen molar-refractivity contribution in [2.75, 3.05) is 23.7 Å². The number of benzene rings is 2. The van der Waals surface area contributed by atoms with Gasteiger partial charge in [-0.1, -0.05) is 24.3 Å². The first kappa shape index (κ1) is 30.2. The third-order valence-electron chi connectivity index (χ3n) is 7.82. The number of pyridine rings is 1. The second-order valence-electron chi connectivity index (χ2n) is 12.6. The smallest absolute Gasteiger partial charge is 0.410 e. The van der Waals surface area contributed by atoms with Crippen molar-refractivity contribution in [3.05, 3.63) is 66.5 Å². The van der Waals surface area contributed by atoms with Crippen molar-refractivity contribution < 1.29 is 23.5 Å². The normalized spacial score (nSPS) is 19.6. The highest BCUT2D eigenvalue weighted by Crippen LogP contribution is 2.40. The number of anilines is 2. The Labute approximate surface area is 261 Å². The summed E-state index contributed by atoms with van der Waals surface area (Å²) in [5.74, 6) is 0.483. The molecule has 1 unspecified atom stereocenters. The van der Waals surface area contributed by atoms with E-state index in [0.717, 1.165) is 29.2 Å². The molecule has 3 atom stereocenters. The quantitative estimate of drug-likeness (QED) is 0.231. The van der Waals surface area contributed by atoms with Gasteiger partial charge in [-0.25, -0.2) is 24.1 Å². The second-order valence-corrected chi connectivity index (χ2v) is 12.6. The van der Waals surface area contributed by atoms with Crippen molar-refractivity contribution in [2.45, 2.75) is 64.8 Å². The number of carbonyl (C=O) groups excluding carboxylic acids is 2. The maximum absolute atomic E-state index is 13.5. The van der Waals surface area contributed by atoms with Crippen LogP contribution in [-0.4, -0.2) is 62.8 Å². The Morgan fingerprint density at radius 3 is 2.62 bits per heavy atom. The Balaban J connectivity index is 1.23. The Bertz CT molecular complexity index is 1740. The van der Waals surface area contributed by atoms with Crippen LogP contribution in [0.15, 0.2) is 60.9 Å². The number of nitrogens with one attached hydrogen (secondary N) is 2. The number of fused-ring (bicyclic) bond motifs is 1. The predicted molar refractivity (Wildman–Crippen MR) is 170 cm³/mol. The van der Waals surface area contributed by atoms with Gasteiger partial charge in [-0.15, -0.1) is 0 Å². The van der Waals surface area contributed by atoms with E-state index in [0.29, 0.717) is 47.6 Å². The zero-order valence-corrected chi connectivity index (χ0v) is 25.8. The molecule has 0 bridgehead atoms. The Kier molecular flexibility index (Phi) is 8.26. The van der Waals surface area contributed by atoms with Crippen molar-refractivity contribution in [1.82, 2.24) is 19.9 Å². The summed E-state index contributed by atoms with van der Waals surface area (Å²) >= 11 is 0. The maximum atomic E-state index is 13.5. The van der Waals surface area contributed by atoms with Gasteiger partial charge in [-0.2, -0.15) is 0 Å². The van der Waals surface area contributed by atoms with Crippen LogP contribution in [0.4, 0.5) is 20.8 Å². The molecule has 0 radical (unpaired) electrons. The van der Waals surface area contributed by atoms with Crippen molar-refractivity contribution in [1.29, 1.82) is 0 Å². The fourth-order valence-corrected chi connectivity index (χ4v) is 5.46. The van der Waals surface area contributed by atoms with Crippen LogP contribution in [0, 0.1) is 12.8 Å². The van der Waals surface area contributed by atoms with Gasteiger partial charge in [-0.05, 0) is 76.8 Å². The SMILES string of the molecule is Cc1ccc2c(NC(=O)[C@H]3C[C@H]3F)cccc2c1Oc1ncccc1-c1ccnc(NC2CCCN(C(=O)OC(C)(C)C)C2)n1. The molecule has 0 spiro atoms. The first-order valence-corrected chi connectivity index (χ1v) is 15.2. The lowest BCUT2D eigenvalue weighted by atomic mass is 10.0. The molecule has 1 aliphatic carbocycles. The molecule has 234 valence electrons. The molecule has 10 nitrogen and oxygen atoms in total. The third-order valence-corrected chi connectivity index (χ3v) is 7.82. The van der Waals surface area contributed by atoms with Gasteiger partial charge in [0.05, 0.1) is 17.2 Å². The van der Waals surface area contributed by atoms with Crippen molar-refractivity contribution >= 4 is 34.4 Å². The summed E-state index contributed by atoms with van der Waals surface area (Å²) < 4.78 is 25.6. The van der Waals surface area contributed by atoms with E-state index < -0.39 is 17.7 Å². The Hall–Kier alpha value is -4.80. The molecule has 1 saturated heterocycles. The van der Waals surface area contributed by atoms with Gasteiger partial charge < -0.3 is 25.0 Å². The molecule has 2 fully saturated rings. The number of rotatable bonds is 7. The number of likely N-dealkylation sites (tertiary alicyclic amines) is 1. The minimum atomic E-state index is -1.07. The summed E-state index contributed by atoms with van der Waals surface area (Å²) in [6.45, 7) is 8.65. The number of piperidine rings is 1. The van der Waals surface area contributed by atoms with E-state index in [2.05, 4.69) is 20.6 Å². The van der Waals surface area contributed by atoms with Gasteiger partial charge in [0.2, 0.25) is 17.7 Å². The van der Waals surface area contributed by atoms with E-state index in [1.165, 1.54) is 0 Å². The molecule has 3 heterocycles. The summed E-state index contributed by atoms with van der Waals surface area (Å²) in [4.78, 5) is 40.6. The number of aromatic nitrogens is 3. The Morgan fingerprint density at radius 2 is 1.84 bits per heavy atom. The molecule has 1 saturated carbocycles. The molecule has 2 aromatic heterocycles. The number of halogens is 1. The van der Waals surface area contributed by atoms with Crippen LogP contribution in [0.1, 0.15) is 45.6 Å². The van der Waals surface area contributed by atoms with Gasteiger partial charge in [0.15, 0.2) is 0 Å². The minimum Gasteiger partial charge on any atom is -0.444 e. The monoisotopic (exact) mass is 612 g/mol. The topological polar surface area (TPSA) is 119 Å². The van der Waals surface area contributed by atoms with Gasteiger partial charge in [0.25, 0.3) is 0 Å². The highest BCUT2D eigenvalue weighted by atomic mass is 19.1. The lowest BCUT2D eigenvalue weighted by Gasteiger charge is -2.34. The molecule has 6 rings (SSSR count). The van der Waals surface area contributed by atoms with E-state index in [1.54, 1.807) is 29.4 Å². The van der Waals surface area contributed by atoms with E-state index in [-0.39, 0.29) is 24.5 Å². The van der Waals surface area contributed by atoms with Crippen LogP contribution in [0.3, 0.4) is 0 Å². The molecule has 1 aliphatic heterocycles. The molecule has 45 heavy (non-hydrogen) atoms. The van der Waals surface area contributed by atoms with E-state index in [1.807, 2.05) is 64.1 Å². The van der Waals surface area contributed by atoms with Crippen molar-refractivity contribution in [3.63, 3.8) is 0 Å². The molecule has 11 heteroatoms. The highest BCUT2D eigenvalue weighted by Gasteiger charge is 2.43. The van der Waals surface area contributed by atoms with Crippen LogP contribution in [0.25, 0.3) is 22.0 Å². The second kappa shape index (κ2) is 12.3. The van der Waals surface area contributed by atoms with Gasteiger partial charge >= 0.3 is 6.09 Å². The van der Waals surface area contributed by atoms with E-state index in [9.17, 15) is 14.0 Å². The maximum Gasteiger partial charge on any atom is 0.410 e. The standard InChI is InChI=1S/C34H37FN6O4/c1-20-12-13-22-23(9-5-11-27(22)39-30(42)25-18-26(25)35)29(20)44-31-24(10-6-15-36-31)28-14-16-37-32(40-28)38-21-8-7-17-41(19-21)33(43)45-34(2,3)4/h5-6,9-16,21,25-26H,7-8,17-19H2,1-4H3,(H,39,42)(H,37,38,40)/t21?,25-,26+/m0/s1. The number of amides is 2. The minimum absolute atomic E-state index is 0.0325. The van der Waals surface area contributed by atoms with Crippen LogP contribution >= 0.6 is 0 Å². The molecule has 2 N–H and O–H groups in total. The summed E-state index contributed by atoms with van der Waals surface area (Å²) in [7, 11) is 0. The van der Waals surface area contributed by atoms with Gasteiger partial charge in [0.1, 0.15) is 17.5 Å². The highest BCUT2D eigenvalue weighted by molar-refractivity contribution is 6.05. The average Bonchev–Trinajstić information content (AvgIpc) is 3.75. The number of carbonyl (C=O) groups is 2. The van der Waals surface area contributed by atoms with Crippen LogP contribution in [-0.2, 0) is 9.53 Å². The third kappa shape index (κ3) is 6.97. The van der Waals surface area contributed by atoms with Crippen LogP contribution in [0.5, 0.6) is 11.6 Å². The molecular weight excluding hydrogens is 575 g/mol. The lowest BCUT2D eigenvalue weighted by molar-refractivity contribution is -0.117. The Morgan fingerprint density at radius 1 is 1.02 bits per heavy atom.